The molecule has 4 heteroatoms. The summed E-state index contributed by atoms with van der Waals surface area (Å²) in [5.74, 6) is 0.0555. The Morgan fingerprint density at radius 1 is 1.25 bits per heavy atom. The summed E-state index contributed by atoms with van der Waals surface area (Å²) in [4.78, 5) is 13.0. The molecule has 0 saturated heterocycles. The van der Waals surface area contributed by atoms with E-state index in [1.165, 1.54) is 0 Å². The highest BCUT2D eigenvalue weighted by molar-refractivity contribution is 9.11. The molecule has 0 unspecified atom stereocenters. The van der Waals surface area contributed by atoms with Gasteiger partial charge in [0.1, 0.15) is 0 Å². The van der Waals surface area contributed by atoms with Gasteiger partial charge in [-0.1, -0.05) is 23.7 Å². The van der Waals surface area contributed by atoms with Gasteiger partial charge in [-0.2, -0.15) is 0 Å². The zero-order valence-electron chi connectivity index (χ0n) is 8.24. The first-order valence-corrected chi connectivity index (χ1v) is 6.67. The fourth-order valence-electron chi connectivity index (χ4n) is 1.39. The van der Waals surface area contributed by atoms with Crippen LogP contribution in [0.4, 0.5) is 0 Å². The summed E-state index contributed by atoms with van der Waals surface area (Å²) in [6.45, 7) is 0. The van der Waals surface area contributed by atoms with Gasteiger partial charge in [0.05, 0.1) is 8.81 Å². The molecular formula is C12H8BrClOS. The minimum absolute atomic E-state index is 0.0555. The predicted octanol–water partition coefficient (Wildman–Crippen LogP) is 4.59. The number of hydrogen-bond acceptors (Lipinski definition) is 2. The first kappa shape index (κ1) is 11.8. The average Bonchev–Trinajstić information content (AvgIpc) is 2.64. The molecule has 2 rings (SSSR count). The summed E-state index contributed by atoms with van der Waals surface area (Å²) in [6.07, 6.45) is 0.403. The topological polar surface area (TPSA) is 17.1 Å². The number of carbonyl (C=O) groups excluding carboxylic acids is 1. The van der Waals surface area contributed by atoms with Crippen molar-refractivity contribution >= 4 is 44.7 Å². The van der Waals surface area contributed by atoms with Crippen molar-refractivity contribution in [2.75, 3.05) is 0 Å². The Hall–Kier alpha value is -0.640. The molecule has 1 aromatic carbocycles. The summed E-state index contributed by atoms with van der Waals surface area (Å²) in [7, 11) is 0. The number of Topliss-reactive ketones (excluding diaryl/α,β-unsaturated/α-hetero) is 1. The molecule has 1 heterocycles. The van der Waals surface area contributed by atoms with Crippen LogP contribution in [0, 0.1) is 0 Å². The maximum absolute atomic E-state index is 12.0. The molecule has 0 radical (unpaired) electrons. The molecular weight excluding hydrogens is 308 g/mol. The highest BCUT2D eigenvalue weighted by Crippen LogP contribution is 2.24. The lowest BCUT2D eigenvalue weighted by Crippen LogP contribution is -2.02. The number of ketones is 1. The fraction of sp³-hybridized carbons (Fsp3) is 0.0833. The minimum Gasteiger partial charge on any atom is -0.294 e. The molecule has 0 spiro atoms. The van der Waals surface area contributed by atoms with Crippen LogP contribution in [0.15, 0.2) is 40.2 Å². The van der Waals surface area contributed by atoms with Gasteiger partial charge in [-0.05, 0) is 40.2 Å². The lowest BCUT2D eigenvalue weighted by atomic mass is 10.1. The second-order valence-electron chi connectivity index (χ2n) is 3.29. The van der Waals surface area contributed by atoms with Gasteiger partial charge in [0.2, 0.25) is 0 Å². The first-order chi connectivity index (χ1) is 7.66. The number of rotatable bonds is 3. The van der Waals surface area contributed by atoms with Gasteiger partial charge in [-0.25, -0.2) is 0 Å². The lowest BCUT2D eigenvalue weighted by Gasteiger charge is -2.01. The lowest BCUT2D eigenvalue weighted by molar-refractivity contribution is 0.0994. The Balaban J connectivity index is 2.18. The van der Waals surface area contributed by atoms with Gasteiger partial charge >= 0.3 is 0 Å². The number of benzene rings is 1. The SMILES string of the molecule is O=C(Cc1ccc(Br)s1)c1ccccc1Cl. The summed E-state index contributed by atoms with van der Waals surface area (Å²) >= 11 is 10.9. The maximum atomic E-state index is 12.0. The number of hydrogen-bond donors (Lipinski definition) is 0. The molecule has 0 aliphatic rings. The second-order valence-corrected chi connectivity index (χ2v) is 6.24. The standard InChI is InChI=1S/C12H8BrClOS/c13-12-6-5-8(16-12)7-11(15)9-3-1-2-4-10(9)14/h1-6H,7H2. The Morgan fingerprint density at radius 3 is 2.62 bits per heavy atom. The Labute approximate surface area is 111 Å². The predicted molar refractivity (Wildman–Crippen MR) is 71.5 cm³/mol. The molecule has 0 aliphatic carbocycles. The zero-order chi connectivity index (χ0) is 11.5. The van der Waals surface area contributed by atoms with Crippen molar-refractivity contribution in [3.8, 4) is 0 Å². The van der Waals surface area contributed by atoms with E-state index in [-0.39, 0.29) is 5.78 Å². The summed E-state index contributed by atoms with van der Waals surface area (Å²) in [5.41, 5.74) is 0.591. The number of halogens is 2. The van der Waals surface area contributed by atoms with E-state index in [2.05, 4.69) is 15.9 Å². The van der Waals surface area contributed by atoms with Crippen LogP contribution >= 0.6 is 38.9 Å². The van der Waals surface area contributed by atoms with Crippen molar-refractivity contribution < 1.29 is 4.79 Å². The average molecular weight is 316 g/mol. The van der Waals surface area contributed by atoms with Crippen LogP contribution in [0.2, 0.25) is 5.02 Å². The first-order valence-electron chi connectivity index (χ1n) is 4.69. The van der Waals surface area contributed by atoms with Gasteiger partial charge in [0, 0.05) is 16.9 Å². The normalized spacial score (nSPS) is 10.4. The van der Waals surface area contributed by atoms with Crippen molar-refractivity contribution in [3.05, 3.63) is 55.6 Å². The van der Waals surface area contributed by atoms with Crippen molar-refractivity contribution in [1.29, 1.82) is 0 Å². The second kappa shape index (κ2) is 5.13. The van der Waals surface area contributed by atoms with E-state index in [1.54, 1.807) is 23.5 Å². The van der Waals surface area contributed by atoms with Crippen molar-refractivity contribution in [1.82, 2.24) is 0 Å². The molecule has 16 heavy (non-hydrogen) atoms. The van der Waals surface area contributed by atoms with Crippen LogP contribution in [-0.4, -0.2) is 5.78 Å². The summed E-state index contributed by atoms with van der Waals surface area (Å²) in [6, 6.07) is 11.0. The molecule has 0 bridgehead atoms. The van der Waals surface area contributed by atoms with Crippen molar-refractivity contribution in [3.63, 3.8) is 0 Å². The van der Waals surface area contributed by atoms with Gasteiger partial charge in [-0.15, -0.1) is 11.3 Å². The summed E-state index contributed by atoms with van der Waals surface area (Å²) in [5, 5.41) is 0.517. The molecule has 0 atom stereocenters. The van der Waals surface area contributed by atoms with Gasteiger partial charge in [0.15, 0.2) is 5.78 Å². The largest absolute Gasteiger partial charge is 0.294 e. The highest BCUT2D eigenvalue weighted by Gasteiger charge is 2.11. The van der Waals surface area contributed by atoms with Crippen LogP contribution in [0.5, 0.6) is 0 Å². The molecule has 1 aromatic heterocycles. The third kappa shape index (κ3) is 2.73. The van der Waals surface area contributed by atoms with E-state index in [0.29, 0.717) is 17.0 Å². The van der Waals surface area contributed by atoms with E-state index in [9.17, 15) is 4.79 Å². The molecule has 1 nitrogen and oxygen atoms in total. The Kier molecular flexibility index (Phi) is 3.79. The van der Waals surface area contributed by atoms with Crippen molar-refractivity contribution in [2.24, 2.45) is 0 Å². The van der Waals surface area contributed by atoms with Crippen LogP contribution in [-0.2, 0) is 6.42 Å². The zero-order valence-corrected chi connectivity index (χ0v) is 11.4. The Bertz CT molecular complexity index is 521. The fourth-order valence-corrected chi connectivity index (χ4v) is 3.11. The van der Waals surface area contributed by atoms with Gasteiger partial charge in [-0.3, -0.25) is 4.79 Å². The molecule has 0 saturated carbocycles. The molecule has 0 N–H and O–H groups in total. The van der Waals surface area contributed by atoms with Crippen LogP contribution in [0.1, 0.15) is 15.2 Å². The van der Waals surface area contributed by atoms with E-state index < -0.39 is 0 Å². The van der Waals surface area contributed by atoms with E-state index in [1.807, 2.05) is 24.3 Å². The van der Waals surface area contributed by atoms with Crippen LogP contribution < -0.4 is 0 Å². The quantitative estimate of drug-likeness (QED) is 0.757. The molecule has 0 amide bonds. The molecule has 82 valence electrons. The number of carbonyl (C=O) groups is 1. The molecule has 2 aromatic rings. The third-order valence-corrected chi connectivity index (χ3v) is 4.09. The van der Waals surface area contributed by atoms with Crippen molar-refractivity contribution in [2.45, 2.75) is 6.42 Å². The minimum atomic E-state index is 0.0555. The van der Waals surface area contributed by atoms with E-state index >= 15 is 0 Å². The molecule has 0 fully saturated rings. The smallest absolute Gasteiger partial charge is 0.169 e. The third-order valence-electron chi connectivity index (χ3n) is 2.14. The van der Waals surface area contributed by atoms with Gasteiger partial charge in [0.25, 0.3) is 0 Å². The summed E-state index contributed by atoms with van der Waals surface area (Å²) < 4.78 is 1.04. The Morgan fingerprint density at radius 2 is 2.00 bits per heavy atom. The monoisotopic (exact) mass is 314 g/mol. The maximum Gasteiger partial charge on any atom is 0.169 e. The molecule has 0 aliphatic heterocycles. The van der Waals surface area contributed by atoms with Crippen LogP contribution in [0.25, 0.3) is 0 Å². The van der Waals surface area contributed by atoms with Gasteiger partial charge < -0.3 is 0 Å². The van der Waals surface area contributed by atoms with E-state index in [0.717, 1.165) is 8.66 Å². The number of thiophene rings is 1. The van der Waals surface area contributed by atoms with Crippen LogP contribution in [0.3, 0.4) is 0 Å². The van der Waals surface area contributed by atoms with E-state index in [4.69, 9.17) is 11.6 Å². The highest BCUT2D eigenvalue weighted by atomic mass is 79.9.